The van der Waals surface area contributed by atoms with Crippen LogP contribution in [-0.2, 0) is 13.2 Å². The number of ether oxygens (including phenoxy) is 2. The lowest BCUT2D eigenvalue weighted by Gasteiger charge is -2.24. The number of aliphatic hydroxyl groups is 1. The molecule has 56 heavy (non-hydrogen) atoms. The number of carbonyl (C=O) groups is 2. The predicted molar refractivity (Wildman–Crippen MR) is 213 cm³/mol. The molecule has 2 atom stereocenters. The van der Waals surface area contributed by atoms with Crippen LogP contribution in [0.25, 0.3) is 10.9 Å². The average molecular weight is 757 g/mol. The molecule has 6 rings (SSSR count). The molecule has 0 aliphatic carbocycles. The van der Waals surface area contributed by atoms with Crippen LogP contribution >= 0.6 is 0 Å². The minimum absolute atomic E-state index is 0.0724. The van der Waals surface area contributed by atoms with Gasteiger partial charge in [0.1, 0.15) is 23.9 Å². The number of rotatable bonds is 17. The Morgan fingerprint density at radius 1 is 0.857 bits per heavy atom. The first kappa shape index (κ1) is 39.1. The summed E-state index contributed by atoms with van der Waals surface area (Å²) in [6, 6.07) is 36.9. The van der Waals surface area contributed by atoms with E-state index in [0.29, 0.717) is 54.1 Å². The predicted octanol–water partition coefficient (Wildman–Crippen LogP) is 6.53. The van der Waals surface area contributed by atoms with Crippen LogP contribution < -0.4 is 25.7 Å². The number of para-hydroxylation sites is 1. The quantitative estimate of drug-likeness (QED) is 0.0566. The highest BCUT2D eigenvalue weighted by Gasteiger charge is 2.20. The van der Waals surface area contributed by atoms with Gasteiger partial charge in [0.25, 0.3) is 5.91 Å². The SMILES string of the molecule is COc1ccccc1CN(CCCNC[C@@H](O)c1ccc(O)c2[nH]c(=O)ccc12)C(=O)c1ccc(COc2cccc(C(NC(=O)O)c3ccccc3)c2)cc1. The van der Waals surface area contributed by atoms with E-state index in [1.807, 2.05) is 91.0 Å². The molecule has 1 aromatic heterocycles. The topological polar surface area (TPSA) is 173 Å². The molecule has 12 nitrogen and oxygen atoms in total. The largest absolute Gasteiger partial charge is 0.506 e. The summed E-state index contributed by atoms with van der Waals surface area (Å²) in [5.74, 6) is 1.03. The highest BCUT2D eigenvalue weighted by Crippen LogP contribution is 2.29. The van der Waals surface area contributed by atoms with Gasteiger partial charge in [0.2, 0.25) is 5.56 Å². The Labute approximate surface area is 324 Å². The molecule has 288 valence electrons. The van der Waals surface area contributed by atoms with Crippen LogP contribution in [0.15, 0.2) is 132 Å². The molecule has 5 aromatic carbocycles. The summed E-state index contributed by atoms with van der Waals surface area (Å²) in [5.41, 5.74) is 4.27. The number of carboxylic acid groups (broad SMARTS) is 1. The van der Waals surface area contributed by atoms with Crippen molar-refractivity contribution >= 4 is 22.9 Å². The van der Waals surface area contributed by atoms with Crippen molar-refractivity contribution in [3.8, 4) is 17.2 Å². The molecule has 1 unspecified atom stereocenters. The van der Waals surface area contributed by atoms with Gasteiger partial charge in [0.05, 0.1) is 24.8 Å². The number of aromatic nitrogens is 1. The van der Waals surface area contributed by atoms with Gasteiger partial charge in [-0.3, -0.25) is 9.59 Å². The van der Waals surface area contributed by atoms with Gasteiger partial charge in [0, 0.05) is 42.2 Å². The highest BCUT2D eigenvalue weighted by atomic mass is 16.5. The number of H-pyrrole nitrogens is 1. The molecule has 6 N–H and O–H groups in total. The summed E-state index contributed by atoms with van der Waals surface area (Å²) in [6.07, 6.45) is -1.44. The van der Waals surface area contributed by atoms with Gasteiger partial charge >= 0.3 is 6.09 Å². The molecular formula is C44H44N4O8. The van der Waals surface area contributed by atoms with E-state index in [1.54, 1.807) is 36.3 Å². The number of phenolic OH excluding ortho intramolecular Hbond substituents is 1. The molecule has 0 fully saturated rings. The number of benzene rings is 5. The number of hydrogen-bond acceptors (Lipinski definition) is 8. The van der Waals surface area contributed by atoms with E-state index in [0.717, 1.165) is 22.3 Å². The van der Waals surface area contributed by atoms with E-state index >= 15 is 0 Å². The fourth-order valence-electron chi connectivity index (χ4n) is 6.59. The third-order valence-corrected chi connectivity index (χ3v) is 9.42. The lowest BCUT2D eigenvalue weighted by molar-refractivity contribution is 0.0739. The van der Waals surface area contributed by atoms with Crippen LogP contribution in [0.2, 0.25) is 0 Å². The van der Waals surface area contributed by atoms with Crippen LogP contribution in [0, 0.1) is 0 Å². The zero-order valence-electron chi connectivity index (χ0n) is 30.9. The van der Waals surface area contributed by atoms with Crippen molar-refractivity contribution in [2.24, 2.45) is 0 Å². The van der Waals surface area contributed by atoms with E-state index in [4.69, 9.17) is 9.47 Å². The van der Waals surface area contributed by atoms with Gasteiger partial charge in [-0.25, -0.2) is 4.79 Å². The molecular weight excluding hydrogens is 713 g/mol. The van der Waals surface area contributed by atoms with Crippen LogP contribution in [0.4, 0.5) is 4.79 Å². The standard InChI is InChI=1S/C44H44N4O8/c1-55-39-14-6-5-11-33(39)27-48(24-8-23-45-26-38(50)35-19-21-37(49)42-36(35)20-22-40(51)46-42)43(52)31-17-15-29(16-18-31)28-56-34-13-7-12-32(25-34)41(47-44(53)54)30-9-3-2-4-10-30/h2-7,9-22,25,38,41,45,47,49-50H,8,23-24,26-28H2,1H3,(H,46,51)(H,53,54)/t38-,41?/m1/s1. The van der Waals surface area contributed by atoms with E-state index in [-0.39, 0.29) is 35.9 Å². The van der Waals surface area contributed by atoms with E-state index in [1.165, 1.54) is 12.1 Å². The lowest BCUT2D eigenvalue weighted by Crippen LogP contribution is -2.33. The third kappa shape index (κ3) is 9.91. The van der Waals surface area contributed by atoms with Gasteiger partial charge in [-0.1, -0.05) is 78.9 Å². The summed E-state index contributed by atoms with van der Waals surface area (Å²) < 4.78 is 11.7. The van der Waals surface area contributed by atoms with Gasteiger partial charge < -0.3 is 45.3 Å². The van der Waals surface area contributed by atoms with Crippen molar-refractivity contribution < 1.29 is 34.4 Å². The minimum Gasteiger partial charge on any atom is -0.506 e. The fraction of sp³-hybridized carbons (Fsp3) is 0.205. The maximum absolute atomic E-state index is 14.0. The number of fused-ring (bicyclic) bond motifs is 1. The Hall–Kier alpha value is -6.63. The van der Waals surface area contributed by atoms with Crippen LogP contribution in [0.5, 0.6) is 17.2 Å². The summed E-state index contributed by atoms with van der Waals surface area (Å²) in [7, 11) is 1.60. The molecule has 0 saturated heterocycles. The zero-order valence-corrected chi connectivity index (χ0v) is 30.9. The summed E-state index contributed by atoms with van der Waals surface area (Å²) in [6.45, 7) is 1.71. The van der Waals surface area contributed by atoms with Crippen molar-refractivity contribution in [2.45, 2.75) is 31.7 Å². The first-order chi connectivity index (χ1) is 27.2. The number of aliphatic hydroxyl groups excluding tert-OH is 1. The number of nitrogens with zero attached hydrogens (tertiary/aromatic N) is 1. The van der Waals surface area contributed by atoms with Crippen molar-refractivity contribution in [1.29, 1.82) is 0 Å². The number of methoxy groups -OCH3 is 1. The van der Waals surface area contributed by atoms with Gasteiger partial charge in [-0.2, -0.15) is 0 Å². The Bertz CT molecular complexity index is 2310. The van der Waals surface area contributed by atoms with E-state index in [9.17, 15) is 29.7 Å². The molecule has 1 heterocycles. The normalized spacial score (nSPS) is 12.1. The Kier molecular flexibility index (Phi) is 13.0. The average Bonchev–Trinajstić information content (AvgIpc) is 3.22. The molecule has 0 radical (unpaired) electrons. The first-order valence-corrected chi connectivity index (χ1v) is 18.2. The maximum atomic E-state index is 14.0. The highest BCUT2D eigenvalue weighted by molar-refractivity contribution is 5.94. The van der Waals surface area contributed by atoms with Gasteiger partial charge in [-0.05, 0) is 77.7 Å². The number of carbonyl (C=O) groups excluding carboxylic acids is 1. The summed E-state index contributed by atoms with van der Waals surface area (Å²) in [5, 5.41) is 37.0. The molecule has 6 aromatic rings. The smallest absolute Gasteiger partial charge is 0.405 e. The van der Waals surface area contributed by atoms with Crippen LogP contribution in [-0.4, -0.2) is 63.9 Å². The summed E-state index contributed by atoms with van der Waals surface area (Å²) >= 11 is 0. The number of aromatic hydroxyl groups is 1. The Morgan fingerprint density at radius 3 is 2.38 bits per heavy atom. The monoisotopic (exact) mass is 756 g/mol. The molecule has 12 heteroatoms. The lowest BCUT2D eigenvalue weighted by atomic mass is 9.98. The number of hydrogen-bond donors (Lipinski definition) is 6. The Morgan fingerprint density at radius 2 is 1.61 bits per heavy atom. The number of amides is 2. The van der Waals surface area contributed by atoms with Crippen molar-refractivity contribution in [2.75, 3.05) is 26.7 Å². The second kappa shape index (κ2) is 18.6. The summed E-state index contributed by atoms with van der Waals surface area (Å²) in [4.78, 5) is 41.7. The fourth-order valence-corrected chi connectivity index (χ4v) is 6.59. The second-order valence-corrected chi connectivity index (χ2v) is 13.2. The number of pyridine rings is 1. The van der Waals surface area contributed by atoms with Crippen LogP contribution in [0.3, 0.4) is 0 Å². The van der Waals surface area contributed by atoms with E-state index in [2.05, 4.69) is 15.6 Å². The molecule has 2 amide bonds. The third-order valence-electron chi connectivity index (χ3n) is 9.42. The van der Waals surface area contributed by atoms with Crippen molar-refractivity contribution in [1.82, 2.24) is 20.5 Å². The molecule has 0 saturated carbocycles. The van der Waals surface area contributed by atoms with E-state index < -0.39 is 18.2 Å². The number of aromatic amines is 1. The molecule has 0 aliphatic rings. The molecule has 0 aliphatic heterocycles. The van der Waals surface area contributed by atoms with Crippen molar-refractivity contribution in [3.63, 3.8) is 0 Å². The maximum Gasteiger partial charge on any atom is 0.405 e. The first-order valence-electron chi connectivity index (χ1n) is 18.2. The minimum atomic E-state index is -1.13. The second-order valence-electron chi connectivity index (χ2n) is 13.2. The van der Waals surface area contributed by atoms with Gasteiger partial charge in [0.15, 0.2) is 0 Å². The van der Waals surface area contributed by atoms with Crippen molar-refractivity contribution in [3.05, 3.63) is 171 Å². The zero-order chi connectivity index (χ0) is 39.4. The number of phenols is 1. The van der Waals surface area contributed by atoms with Crippen LogP contribution in [0.1, 0.15) is 56.7 Å². The molecule has 0 spiro atoms. The molecule has 0 bridgehead atoms. The Balaban J connectivity index is 1.08. The number of nitrogens with one attached hydrogen (secondary N) is 3. The van der Waals surface area contributed by atoms with Gasteiger partial charge in [-0.15, -0.1) is 0 Å².